The van der Waals surface area contributed by atoms with Crippen LogP contribution in [0.2, 0.25) is 0 Å². The number of alkyl halides is 2. The first-order valence-electron chi connectivity index (χ1n) is 8.99. The van der Waals surface area contributed by atoms with Gasteiger partial charge in [0, 0.05) is 47.8 Å². The standard InChI is InChI=1S/C19H23Cl2N5O2/c1-11-15(18(27)24-22-11)17(16-12(2)23-25-19(16)28)13-3-5-14(6-4-13)26(9-7-20)10-8-21/h3-6,17H,7-10H2,1-2H3,(H2,22,24,27)(H2,23,25,28). The van der Waals surface area contributed by atoms with Crippen molar-refractivity contribution in [2.45, 2.75) is 19.8 Å². The van der Waals surface area contributed by atoms with E-state index in [4.69, 9.17) is 23.2 Å². The van der Waals surface area contributed by atoms with Crippen molar-refractivity contribution in [3.8, 4) is 0 Å². The summed E-state index contributed by atoms with van der Waals surface area (Å²) in [7, 11) is 0. The molecular formula is C19H23Cl2N5O2. The van der Waals surface area contributed by atoms with E-state index in [0.717, 1.165) is 11.3 Å². The molecule has 3 aromatic rings. The van der Waals surface area contributed by atoms with Gasteiger partial charge in [0.1, 0.15) is 0 Å². The van der Waals surface area contributed by atoms with Gasteiger partial charge in [-0.05, 0) is 31.5 Å². The Hall–Kier alpha value is -2.38. The molecule has 0 unspecified atom stereocenters. The molecule has 150 valence electrons. The van der Waals surface area contributed by atoms with Gasteiger partial charge in [0.25, 0.3) is 11.1 Å². The maximum Gasteiger partial charge on any atom is 0.268 e. The largest absolute Gasteiger partial charge is 0.369 e. The zero-order valence-electron chi connectivity index (χ0n) is 15.7. The maximum atomic E-state index is 12.5. The third-order valence-corrected chi connectivity index (χ3v) is 5.24. The molecule has 0 saturated carbocycles. The molecule has 0 fully saturated rings. The lowest BCUT2D eigenvalue weighted by atomic mass is 9.85. The number of H-pyrrole nitrogens is 4. The lowest BCUT2D eigenvalue weighted by Gasteiger charge is -2.24. The number of aromatic nitrogens is 4. The van der Waals surface area contributed by atoms with Crippen LogP contribution in [0.5, 0.6) is 0 Å². The van der Waals surface area contributed by atoms with Crippen molar-refractivity contribution < 1.29 is 0 Å². The van der Waals surface area contributed by atoms with Crippen LogP contribution in [-0.4, -0.2) is 45.2 Å². The Bertz CT molecular complexity index is 972. The predicted molar refractivity (Wildman–Crippen MR) is 113 cm³/mol. The number of nitrogens with one attached hydrogen (secondary N) is 4. The average molecular weight is 424 g/mol. The minimum absolute atomic E-state index is 0.238. The molecule has 0 amide bonds. The summed E-state index contributed by atoms with van der Waals surface area (Å²) in [6.07, 6.45) is 0. The number of halogens is 2. The van der Waals surface area contributed by atoms with E-state index in [-0.39, 0.29) is 11.1 Å². The summed E-state index contributed by atoms with van der Waals surface area (Å²) >= 11 is 11.8. The number of nitrogens with zero attached hydrogens (tertiary/aromatic N) is 1. The normalized spacial score (nSPS) is 11.3. The van der Waals surface area contributed by atoms with Crippen LogP contribution in [0.15, 0.2) is 33.9 Å². The van der Waals surface area contributed by atoms with Crippen LogP contribution in [0.1, 0.15) is 34.0 Å². The van der Waals surface area contributed by atoms with Crippen molar-refractivity contribution in [1.82, 2.24) is 20.4 Å². The second-order valence-electron chi connectivity index (χ2n) is 6.63. The molecular weight excluding hydrogens is 401 g/mol. The minimum atomic E-state index is -0.492. The summed E-state index contributed by atoms with van der Waals surface area (Å²) in [6, 6.07) is 7.81. The van der Waals surface area contributed by atoms with Gasteiger partial charge in [-0.2, -0.15) is 0 Å². The smallest absolute Gasteiger partial charge is 0.268 e. The van der Waals surface area contributed by atoms with Crippen molar-refractivity contribution in [2.75, 3.05) is 29.7 Å². The molecule has 2 heterocycles. The van der Waals surface area contributed by atoms with Crippen LogP contribution in [0.4, 0.5) is 5.69 Å². The Morgan fingerprint density at radius 3 is 1.64 bits per heavy atom. The van der Waals surface area contributed by atoms with Gasteiger partial charge in [-0.3, -0.25) is 19.8 Å². The molecule has 9 heteroatoms. The average Bonchev–Trinajstić information content (AvgIpc) is 3.19. The lowest BCUT2D eigenvalue weighted by molar-refractivity contribution is 0.871. The Labute approximate surface area is 172 Å². The van der Waals surface area contributed by atoms with E-state index >= 15 is 0 Å². The molecule has 0 aliphatic carbocycles. The fourth-order valence-corrected chi connectivity index (χ4v) is 3.94. The van der Waals surface area contributed by atoms with Crippen molar-refractivity contribution in [1.29, 1.82) is 0 Å². The van der Waals surface area contributed by atoms with Crippen LogP contribution in [0.25, 0.3) is 0 Å². The van der Waals surface area contributed by atoms with E-state index in [1.165, 1.54) is 0 Å². The van der Waals surface area contributed by atoms with Gasteiger partial charge in [-0.1, -0.05) is 12.1 Å². The molecule has 28 heavy (non-hydrogen) atoms. The summed E-state index contributed by atoms with van der Waals surface area (Å²) < 4.78 is 0. The highest BCUT2D eigenvalue weighted by atomic mass is 35.5. The SMILES string of the molecule is Cc1[nH][nH]c(=O)c1C(c1ccc(N(CCCl)CCCl)cc1)c1c(C)[nH][nH]c1=O. The van der Waals surface area contributed by atoms with Crippen LogP contribution >= 0.6 is 23.2 Å². The van der Waals surface area contributed by atoms with Gasteiger partial charge < -0.3 is 15.1 Å². The van der Waals surface area contributed by atoms with Gasteiger partial charge in [-0.15, -0.1) is 23.2 Å². The van der Waals surface area contributed by atoms with E-state index in [1.807, 2.05) is 38.1 Å². The molecule has 7 nitrogen and oxygen atoms in total. The molecule has 2 aromatic heterocycles. The molecule has 0 aliphatic heterocycles. The lowest BCUT2D eigenvalue weighted by Crippen LogP contribution is -2.27. The van der Waals surface area contributed by atoms with E-state index in [1.54, 1.807) is 0 Å². The van der Waals surface area contributed by atoms with Gasteiger partial charge in [0.2, 0.25) is 0 Å². The van der Waals surface area contributed by atoms with E-state index in [2.05, 4.69) is 25.3 Å². The summed E-state index contributed by atoms with van der Waals surface area (Å²) in [4.78, 5) is 27.0. The molecule has 4 N–H and O–H groups in total. The molecule has 0 aliphatic rings. The van der Waals surface area contributed by atoms with Crippen LogP contribution in [0, 0.1) is 13.8 Å². The third-order valence-electron chi connectivity index (χ3n) is 4.90. The highest BCUT2D eigenvalue weighted by Crippen LogP contribution is 2.32. The topological polar surface area (TPSA) is 101 Å². The first kappa shape index (κ1) is 20.4. The number of anilines is 1. The monoisotopic (exact) mass is 423 g/mol. The Morgan fingerprint density at radius 2 is 1.29 bits per heavy atom. The van der Waals surface area contributed by atoms with E-state index in [0.29, 0.717) is 47.4 Å². The molecule has 0 atom stereocenters. The number of aryl methyl sites for hydroxylation is 2. The first-order valence-corrected chi connectivity index (χ1v) is 10.1. The predicted octanol–water partition coefficient (Wildman–Crippen LogP) is 2.80. The minimum Gasteiger partial charge on any atom is -0.369 e. The number of rotatable bonds is 8. The third kappa shape index (κ3) is 3.91. The second kappa shape index (κ2) is 8.75. The zero-order valence-corrected chi connectivity index (χ0v) is 17.2. The fraction of sp³-hybridized carbons (Fsp3) is 0.368. The molecule has 0 bridgehead atoms. The number of benzene rings is 1. The highest BCUT2D eigenvalue weighted by molar-refractivity contribution is 6.18. The van der Waals surface area contributed by atoms with Crippen LogP contribution < -0.4 is 16.0 Å². The van der Waals surface area contributed by atoms with E-state index < -0.39 is 5.92 Å². The number of hydrogen-bond acceptors (Lipinski definition) is 3. The number of aromatic amines is 4. The van der Waals surface area contributed by atoms with Crippen molar-refractivity contribution in [3.05, 3.63) is 73.1 Å². The molecule has 0 saturated heterocycles. The quantitative estimate of drug-likeness (QED) is 0.419. The summed E-state index contributed by atoms with van der Waals surface area (Å²) in [5, 5.41) is 10.9. The maximum absolute atomic E-state index is 12.5. The Kier molecular flexibility index (Phi) is 6.36. The second-order valence-corrected chi connectivity index (χ2v) is 7.38. The molecule has 1 aromatic carbocycles. The zero-order chi connectivity index (χ0) is 20.3. The van der Waals surface area contributed by atoms with E-state index in [9.17, 15) is 9.59 Å². The molecule has 3 rings (SSSR count). The van der Waals surface area contributed by atoms with Gasteiger partial charge in [0.15, 0.2) is 0 Å². The van der Waals surface area contributed by atoms with Crippen molar-refractivity contribution in [3.63, 3.8) is 0 Å². The van der Waals surface area contributed by atoms with Gasteiger partial charge >= 0.3 is 0 Å². The highest BCUT2D eigenvalue weighted by Gasteiger charge is 2.28. The van der Waals surface area contributed by atoms with Crippen LogP contribution in [0.3, 0.4) is 0 Å². The summed E-state index contributed by atoms with van der Waals surface area (Å²) in [5.41, 5.74) is 3.81. The molecule has 0 spiro atoms. The molecule has 0 radical (unpaired) electrons. The Balaban J connectivity index is 2.10. The summed E-state index contributed by atoms with van der Waals surface area (Å²) in [5.74, 6) is 0.502. The van der Waals surface area contributed by atoms with Crippen molar-refractivity contribution >= 4 is 28.9 Å². The van der Waals surface area contributed by atoms with Gasteiger partial charge in [-0.25, -0.2) is 0 Å². The number of hydrogen-bond donors (Lipinski definition) is 4. The van der Waals surface area contributed by atoms with Gasteiger partial charge in [0.05, 0.1) is 11.1 Å². The van der Waals surface area contributed by atoms with Crippen LogP contribution in [-0.2, 0) is 0 Å². The Morgan fingerprint density at radius 1 is 0.821 bits per heavy atom. The summed E-state index contributed by atoms with van der Waals surface area (Å²) in [6.45, 7) is 5.00. The van der Waals surface area contributed by atoms with Crippen molar-refractivity contribution in [2.24, 2.45) is 0 Å². The first-order chi connectivity index (χ1) is 13.5. The fourth-order valence-electron chi connectivity index (χ4n) is 3.54.